The average Bonchev–Trinajstić information content (AvgIpc) is 2.69. The summed E-state index contributed by atoms with van der Waals surface area (Å²) in [6.07, 6.45) is 5.30. The molecule has 0 radical (unpaired) electrons. The van der Waals surface area contributed by atoms with Gasteiger partial charge in [0.2, 0.25) is 5.91 Å². The number of aromatic nitrogens is 1. The van der Waals surface area contributed by atoms with E-state index in [9.17, 15) is 4.79 Å². The number of hydrogen-bond donors (Lipinski definition) is 1. The zero-order chi connectivity index (χ0) is 19.1. The molecular weight excluding hydrogens is 336 g/mol. The van der Waals surface area contributed by atoms with Crippen molar-refractivity contribution in [2.45, 2.75) is 19.9 Å². The number of benzene rings is 1. The van der Waals surface area contributed by atoms with Gasteiger partial charge in [0, 0.05) is 51.0 Å². The summed E-state index contributed by atoms with van der Waals surface area (Å²) in [5, 5.41) is 3.06. The van der Waals surface area contributed by atoms with Gasteiger partial charge in [0.15, 0.2) is 0 Å². The minimum Gasteiger partial charge on any atom is -0.354 e. The predicted molar refractivity (Wildman–Crippen MR) is 111 cm³/mol. The minimum absolute atomic E-state index is 0.0461. The molecule has 1 aliphatic rings. The predicted octanol–water partition coefficient (Wildman–Crippen LogP) is 2.73. The molecule has 1 atom stereocenters. The molecule has 0 aliphatic carbocycles. The van der Waals surface area contributed by atoms with Crippen molar-refractivity contribution < 1.29 is 4.79 Å². The number of nitrogens with zero attached hydrogens (tertiary/aromatic N) is 3. The number of carbonyl (C=O) groups is 1. The maximum absolute atomic E-state index is 12.1. The molecule has 5 nitrogen and oxygen atoms in total. The van der Waals surface area contributed by atoms with Crippen molar-refractivity contribution in [2.75, 3.05) is 37.6 Å². The Balaban J connectivity index is 1.41. The molecule has 1 aromatic carbocycles. The molecule has 1 fully saturated rings. The largest absolute Gasteiger partial charge is 0.354 e. The summed E-state index contributed by atoms with van der Waals surface area (Å²) >= 11 is 0. The number of nitrogens with one attached hydrogen (secondary N) is 1. The second-order valence-corrected chi connectivity index (χ2v) is 7.13. The van der Waals surface area contributed by atoms with Crippen LogP contribution in [0.5, 0.6) is 0 Å². The molecule has 1 aliphatic heterocycles. The van der Waals surface area contributed by atoms with E-state index in [1.807, 2.05) is 48.7 Å². The van der Waals surface area contributed by atoms with Crippen LogP contribution in [0.1, 0.15) is 18.1 Å². The number of anilines is 1. The first kappa shape index (κ1) is 19.1. The number of piperazine rings is 1. The fourth-order valence-corrected chi connectivity index (χ4v) is 3.27. The van der Waals surface area contributed by atoms with Gasteiger partial charge in [-0.25, -0.2) is 4.98 Å². The van der Waals surface area contributed by atoms with Crippen LogP contribution in [0.3, 0.4) is 0 Å². The van der Waals surface area contributed by atoms with E-state index < -0.39 is 0 Å². The number of pyridine rings is 1. The SMILES string of the molecule is Cc1ccc(/C=C/C(=O)NC(C)CN2CCN(c3ccccn3)CC2)cc1. The van der Waals surface area contributed by atoms with Crippen LogP contribution in [0.4, 0.5) is 5.82 Å². The summed E-state index contributed by atoms with van der Waals surface area (Å²) in [4.78, 5) is 21.3. The van der Waals surface area contributed by atoms with Crippen molar-refractivity contribution in [3.8, 4) is 0 Å². The zero-order valence-corrected chi connectivity index (χ0v) is 16.1. The summed E-state index contributed by atoms with van der Waals surface area (Å²) < 4.78 is 0. The lowest BCUT2D eigenvalue weighted by atomic mass is 10.1. The molecule has 5 heteroatoms. The highest BCUT2D eigenvalue weighted by Crippen LogP contribution is 2.12. The zero-order valence-electron chi connectivity index (χ0n) is 16.1. The molecule has 142 valence electrons. The fourth-order valence-electron chi connectivity index (χ4n) is 3.27. The standard InChI is InChI=1S/C22H28N4O/c1-18-6-8-20(9-7-18)10-11-22(27)24-19(2)17-25-13-15-26(16-14-25)21-5-3-4-12-23-21/h3-12,19H,13-17H2,1-2H3,(H,24,27)/b11-10+. The Hall–Kier alpha value is -2.66. The smallest absolute Gasteiger partial charge is 0.244 e. The average molecular weight is 364 g/mol. The van der Waals surface area contributed by atoms with E-state index in [-0.39, 0.29) is 11.9 Å². The lowest BCUT2D eigenvalue weighted by molar-refractivity contribution is -0.117. The molecule has 1 amide bonds. The quantitative estimate of drug-likeness (QED) is 0.801. The fraction of sp³-hybridized carbons (Fsp3) is 0.364. The first-order valence-electron chi connectivity index (χ1n) is 9.54. The second-order valence-electron chi connectivity index (χ2n) is 7.13. The number of carbonyl (C=O) groups excluding carboxylic acids is 1. The van der Waals surface area contributed by atoms with Crippen LogP contribution in [0, 0.1) is 6.92 Å². The lowest BCUT2D eigenvalue weighted by Crippen LogP contribution is -2.50. The molecule has 1 N–H and O–H groups in total. The molecule has 0 bridgehead atoms. The molecule has 27 heavy (non-hydrogen) atoms. The first-order chi connectivity index (χ1) is 13.1. The van der Waals surface area contributed by atoms with Gasteiger partial charge in [-0.2, -0.15) is 0 Å². The van der Waals surface area contributed by atoms with E-state index in [0.29, 0.717) is 0 Å². The molecule has 2 aromatic rings. The van der Waals surface area contributed by atoms with Gasteiger partial charge < -0.3 is 10.2 Å². The van der Waals surface area contributed by atoms with Crippen molar-refractivity contribution >= 4 is 17.8 Å². The topological polar surface area (TPSA) is 48.5 Å². The van der Waals surface area contributed by atoms with Crippen LogP contribution < -0.4 is 10.2 Å². The third-order valence-corrected chi connectivity index (χ3v) is 4.77. The number of rotatable bonds is 6. The van der Waals surface area contributed by atoms with Crippen LogP contribution in [0.25, 0.3) is 6.08 Å². The van der Waals surface area contributed by atoms with Gasteiger partial charge in [-0.1, -0.05) is 35.9 Å². The van der Waals surface area contributed by atoms with Gasteiger partial charge in [0.1, 0.15) is 5.82 Å². The minimum atomic E-state index is -0.0461. The van der Waals surface area contributed by atoms with E-state index >= 15 is 0 Å². The van der Waals surface area contributed by atoms with E-state index in [0.717, 1.165) is 44.1 Å². The van der Waals surface area contributed by atoms with E-state index in [1.54, 1.807) is 6.08 Å². The van der Waals surface area contributed by atoms with E-state index in [2.05, 4.69) is 40.0 Å². The maximum Gasteiger partial charge on any atom is 0.244 e. The lowest BCUT2D eigenvalue weighted by Gasteiger charge is -2.36. The van der Waals surface area contributed by atoms with Crippen LogP contribution in [0.15, 0.2) is 54.7 Å². The normalized spacial score (nSPS) is 16.4. The van der Waals surface area contributed by atoms with Gasteiger partial charge >= 0.3 is 0 Å². The van der Waals surface area contributed by atoms with Crippen molar-refractivity contribution in [1.29, 1.82) is 0 Å². The molecular formula is C22H28N4O. The highest BCUT2D eigenvalue weighted by molar-refractivity contribution is 5.91. The summed E-state index contributed by atoms with van der Waals surface area (Å²) in [6.45, 7) is 8.86. The van der Waals surface area contributed by atoms with Gasteiger partial charge in [-0.3, -0.25) is 9.69 Å². The Morgan fingerprint density at radius 1 is 1.15 bits per heavy atom. The summed E-state index contributed by atoms with van der Waals surface area (Å²) in [5.74, 6) is 0.995. The van der Waals surface area contributed by atoms with Crippen LogP contribution >= 0.6 is 0 Å². The molecule has 1 aromatic heterocycles. The third-order valence-electron chi connectivity index (χ3n) is 4.77. The molecule has 1 saturated heterocycles. The van der Waals surface area contributed by atoms with Crippen LogP contribution in [-0.4, -0.2) is 54.6 Å². The molecule has 0 spiro atoms. The monoisotopic (exact) mass is 364 g/mol. The molecule has 0 saturated carbocycles. The molecule has 2 heterocycles. The number of aryl methyl sites for hydroxylation is 1. The van der Waals surface area contributed by atoms with Crippen molar-refractivity contribution in [1.82, 2.24) is 15.2 Å². The molecule has 1 unspecified atom stereocenters. The Bertz CT molecular complexity index is 750. The van der Waals surface area contributed by atoms with Gasteiger partial charge in [0.05, 0.1) is 0 Å². The maximum atomic E-state index is 12.1. The Labute approximate surface area is 161 Å². The first-order valence-corrected chi connectivity index (χ1v) is 9.54. The Morgan fingerprint density at radius 3 is 2.56 bits per heavy atom. The van der Waals surface area contributed by atoms with Crippen molar-refractivity contribution in [3.05, 3.63) is 65.9 Å². The van der Waals surface area contributed by atoms with Crippen LogP contribution in [-0.2, 0) is 4.79 Å². The van der Waals surface area contributed by atoms with Crippen molar-refractivity contribution in [3.63, 3.8) is 0 Å². The number of amides is 1. The van der Waals surface area contributed by atoms with E-state index in [1.165, 1.54) is 5.56 Å². The molecule has 3 rings (SSSR count). The van der Waals surface area contributed by atoms with Crippen LogP contribution in [0.2, 0.25) is 0 Å². The highest BCUT2D eigenvalue weighted by atomic mass is 16.1. The van der Waals surface area contributed by atoms with E-state index in [4.69, 9.17) is 0 Å². The summed E-state index contributed by atoms with van der Waals surface area (Å²) in [5.41, 5.74) is 2.25. The Morgan fingerprint density at radius 2 is 1.89 bits per heavy atom. The highest BCUT2D eigenvalue weighted by Gasteiger charge is 2.19. The van der Waals surface area contributed by atoms with Gasteiger partial charge in [0.25, 0.3) is 0 Å². The van der Waals surface area contributed by atoms with Gasteiger partial charge in [-0.05, 0) is 37.6 Å². The Kier molecular flexibility index (Phi) is 6.60. The summed E-state index contributed by atoms with van der Waals surface area (Å²) in [6, 6.07) is 14.3. The van der Waals surface area contributed by atoms with Gasteiger partial charge in [-0.15, -0.1) is 0 Å². The van der Waals surface area contributed by atoms with Crippen molar-refractivity contribution in [2.24, 2.45) is 0 Å². The number of hydrogen-bond acceptors (Lipinski definition) is 4. The second kappa shape index (κ2) is 9.33. The third kappa shape index (κ3) is 5.93. The summed E-state index contributed by atoms with van der Waals surface area (Å²) in [7, 11) is 0.